The van der Waals surface area contributed by atoms with Crippen molar-refractivity contribution in [2.24, 2.45) is 5.92 Å². The molecule has 0 radical (unpaired) electrons. The Kier molecular flexibility index (Phi) is 5.05. The second kappa shape index (κ2) is 6.36. The van der Waals surface area contributed by atoms with E-state index in [0.717, 1.165) is 19.1 Å². The van der Waals surface area contributed by atoms with Crippen molar-refractivity contribution in [3.8, 4) is 0 Å². The predicted molar refractivity (Wildman–Crippen MR) is 60.6 cm³/mol. The Labute approximate surface area is 90.9 Å². The molecule has 1 aromatic carbocycles. The number of carbonyl (C=O) groups excluding carboxylic acids is 1. The van der Waals surface area contributed by atoms with E-state index >= 15 is 0 Å². The lowest BCUT2D eigenvalue weighted by atomic mass is 9.99. The number of benzene rings is 1. The third-order valence-electron chi connectivity index (χ3n) is 2.63. The lowest BCUT2D eigenvalue weighted by Crippen LogP contribution is -2.18. The molecule has 2 heteroatoms. The van der Waals surface area contributed by atoms with Crippen LogP contribution in [0.2, 0.25) is 0 Å². The van der Waals surface area contributed by atoms with Crippen molar-refractivity contribution in [3.63, 3.8) is 0 Å². The summed E-state index contributed by atoms with van der Waals surface area (Å²) < 4.78 is 0. The molecule has 1 rings (SSSR count). The van der Waals surface area contributed by atoms with Crippen molar-refractivity contribution in [3.05, 3.63) is 35.9 Å². The molecule has 0 heterocycles. The molecule has 0 aromatic heterocycles. The molecule has 0 spiro atoms. The summed E-state index contributed by atoms with van der Waals surface area (Å²) in [6.45, 7) is 1.75. The maximum Gasteiger partial charge on any atom is 0.125 e. The summed E-state index contributed by atoms with van der Waals surface area (Å²) in [5, 5.41) is 9.56. The zero-order valence-electron chi connectivity index (χ0n) is 9.10. The van der Waals surface area contributed by atoms with Crippen LogP contribution in [0.15, 0.2) is 30.3 Å². The molecule has 2 unspecified atom stereocenters. The smallest absolute Gasteiger partial charge is 0.125 e. The number of aliphatic hydroxyl groups excluding tert-OH is 1. The average Bonchev–Trinajstić information content (AvgIpc) is 2.29. The quantitative estimate of drug-likeness (QED) is 0.724. The van der Waals surface area contributed by atoms with Crippen LogP contribution in [0.1, 0.15) is 25.3 Å². The van der Waals surface area contributed by atoms with Gasteiger partial charge in [-0.25, -0.2) is 0 Å². The van der Waals surface area contributed by atoms with Crippen molar-refractivity contribution in [2.75, 3.05) is 0 Å². The summed E-state index contributed by atoms with van der Waals surface area (Å²) >= 11 is 0. The normalized spacial score (nSPS) is 14.5. The van der Waals surface area contributed by atoms with Gasteiger partial charge in [-0.2, -0.15) is 0 Å². The number of aryl methyl sites for hydroxylation is 1. The lowest BCUT2D eigenvalue weighted by molar-refractivity contribution is -0.113. The molecule has 0 aliphatic rings. The summed E-state index contributed by atoms with van der Waals surface area (Å²) in [6.07, 6.45) is 2.89. The van der Waals surface area contributed by atoms with Crippen molar-refractivity contribution in [1.82, 2.24) is 0 Å². The van der Waals surface area contributed by atoms with Gasteiger partial charge in [-0.05, 0) is 24.8 Å². The van der Waals surface area contributed by atoms with Gasteiger partial charge in [-0.1, -0.05) is 37.3 Å². The summed E-state index contributed by atoms with van der Waals surface area (Å²) in [5.41, 5.74) is 1.28. The van der Waals surface area contributed by atoms with Gasteiger partial charge in [0, 0.05) is 5.92 Å². The summed E-state index contributed by atoms with van der Waals surface area (Å²) in [4.78, 5) is 10.4. The minimum Gasteiger partial charge on any atom is -0.392 e. The lowest BCUT2D eigenvalue weighted by Gasteiger charge is -2.12. The van der Waals surface area contributed by atoms with E-state index in [2.05, 4.69) is 12.1 Å². The number of rotatable bonds is 6. The van der Waals surface area contributed by atoms with E-state index in [-0.39, 0.29) is 5.92 Å². The van der Waals surface area contributed by atoms with Gasteiger partial charge in [0.1, 0.15) is 6.29 Å². The van der Waals surface area contributed by atoms with Crippen LogP contribution in [-0.4, -0.2) is 17.5 Å². The Balaban J connectivity index is 2.25. The van der Waals surface area contributed by atoms with Crippen LogP contribution in [-0.2, 0) is 11.2 Å². The molecule has 15 heavy (non-hydrogen) atoms. The Hall–Kier alpha value is -1.15. The molecule has 2 atom stereocenters. The molecule has 0 saturated carbocycles. The molecule has 0 saturated heterocycles. The first-order valence-corrected chi connectivity index (χ1v) is 5.41. The highest BCUT2D eigenvalue weighted by molar-refractivity contribution is 5.53. The van der Waals surface area contributed by atoms with Crippen molar-refractivity contribution in [2.45, 2.75) is 32.3 Å². The van der Waals surface area contributed by atoms with Gasteiger partial charge < -0.3 is 9.90 Å². The highest BCUT2D eigenvalue weighted by Crippen LogP contribution is 2.10. The molecule has 1 aromatic rings. The Morgan fingerprint density at radius 3 is 2.60 bits per heavy atom. The van der Waals surface area contributed by atoms with Crippen molar-refractivity contribution < 1.29 is 9.90 Å². The van der Waals surface area contributed by atoms with Crippen LogP contribution in [0.4, 0.5) is 0 Å². The summed E-state index contributed by atoms with van der Waals surface area (Å²) in [6, 6.07) is 10.2. The zero-order chi connectivity index (χ0) is 11.1. The molecular formula is C13H18O2. The van der Waals surface area contributed by atoms with Crippen molar-refractivity contribution >= 4 is 6.29 Å². The topological polar surface area (TPSA) is 37.3 Å². The largest absolute Gasteiger partial charge is 0.392 e. The summed E-state index contributed by atoms with van der Waals surface area (Å²) in [7, 11) is 0. The molecule has 2 nitrogen and oxygen atoms in total. The molecule has 1 N–H and O–H groups in total. The minimum atomic E-state index is -0.494. The average molecular weight is 206 g/mol. The van der Waals surface area contributed by atoms with Gasteiger partial charge >= 0.3 is 0 Å². The second-order valence-electron chi connectivity index (χ2n) is 3.94. The van der Waals surface area contributed by atoms with Crippen LogP contribution in [0.25, 0.3) is 0 Å². The predicted octanol–water partition coefficient (Wildman–Crippen LogP) is 2.21. The van der Waals surface area contributed by atoms with Gasteiger partial charge in [0.15, 0.2) is 0 Å². The monoisotopic (exact) mass is 206 g/mol. The third kappa shape index (κ3) is 4.26. The zero-order valence-corrected chi connectivity index (χ0v) is 9.10. The Bertz CT molecular complexity index is 282. The molecule has 0 aliphatic carbocycles. The first-order valence-electron chi connectivity index (χ1n) is 5.41. The maximum absolute atomic E-state index is 10.4. The second-order valence-corrected chi connectivity index (χ2v) is 3.94. The van der Waals surface area contributed by atoms with Gasteiger partial charge in [0.05, 0.1) is 6.10 Å². The van der Waals surface area contributed by atoms with E-state index < -0.39 is 6.10 Å². The van der Waals surface area contributed by atoms with Crippen molar-refractivity contribution in [1.29, 1.82) is 0 Å². The van der Waals surface area contributed by atoms with E-state index in [9.17, 15) is 9.90 Å². The number of hydrogen-bond donors (Lipinski definition) is 1. The fourth-order valence-corrected chi connectivity index (χ4v) is 1.51. The fraction of sp³-hybridized carbons (Fsp3) is 0.462. The Morgan fingerprint density at radius 1 is 1.33 bits per heavy atom. The van der Waals surface area contributed by atoms with E-state index in [0.29, 0.717) is 6.42 Å². The van der Waals surface area contributed by atoms with Gasteiger partial charge in [-0.15, -0.1) is 0 Å². The van der Waals surface area contributed by atoms with Gasteiger partial charge in [-0.3, -0.25) is 0 Å². The number of hydrogen-bond acceptors (Lipinski definition) is 2. The van der Waals surface area contributed by atoms with E-state index in [1.807, 2.05) is 18.2 Å². The fourth-order valence-electron chi connectivity index (χ4n) is 1.51. The van der Waals surface area contributed by atoms with E-state index in [1.165, 1.54) is 5.56 Å². The molecule has 82 valence electrons. The molecule has 0 amide bonds. The van der Waals surface area contributed by atoms with Crippen LogP contribution in [0, 0.1) is 5.92 Å². The standard InChI is InChI=1S/C13H18O2/c1-11(10-14)13(15)9-5-8-12-6-3-2-4-7-12/h2-4,6-7,10-11,13,15H,5,8-9H2,1H3. The van der Waals surface area contributed by atoms with E-state index in [1.54, 1.807) is 6.92 Å². The van der Waals surface area contributed by atoms with E-state index in [4.69, 9.17) is 0 Å². The SMILES string of the molecule is CC(C=O)C(O)CCCc1ccccc1. The summed E-state index contributed by atoms with van der Waals surface area (Å²) in [5.74, 6) is -0.249. The molecular weight excluding hydrogens is 188 g/mol. The minimum absolute atomic E-state index is 0.249. The third-order valence-corrected chi connectivity index (χ3v) is 2.63. The first kappa shape index (κ1) is 11.9. The number of aldehydes is 1. The van der Waals surface area contributed by atoms with Crippen LogP contribution in [0.3, 0.4) is 0 Å². The highest BCUT2D eigenvalue weighted by atomic mass is 16.3. The maximum atomic E-state index is 10.4. The molecule has 0 fully saturated rings. The Morgan fingerprint density at radius 2 is 2.00 bits per heavy atom. The van der Waals surface area contributed by atoms with Gasteiger partial charge in [0.25, 0.3) is 0 Å². The van der Waals surface area contributed by atoms with Gasteiger partial charge in [0.2, 0.25) is 0 Å². The van der Waals surface area contributed by atoms with Crippen LogP contribution in [0.5, 0.6) is 0 Å². The number of carbonyl (C=O) groups is 1. The number of aliphatic hydroxyl groups is 1. The van der Waals surface area contributed by atoms with Crippen LogP contribution < -0.4 is 0 Å². The highest BCUT2D eigenvalue weighted by Gasteiger charge is 2.12. The van der Waals surface area contributed by atoms with Crippen LogP contribution >= 0.6 is 0 Å². The first-order chi connectivity index (χ1) is 7.24. The molecule has 0 aliphatic heterocycles. The molecule has 0 bridgehead atoms.